The van der Waals surface area contributed by atoms with Gasteiger partial charge in [-0.05, 0) is 116 Å². The fourth-order valence-electron chi connectivity index (χ4n) is 8.99. The van der Waals surface area contributed by atoms with Gasteiger partial charge in [-0.15, -0.1) is 0 Å². The predicted octanol–water partition coefficient (Wildman–Crippen LogP) is 9.28. The van der Waals surface area contributed by atoms with Gasteiger partial charge in [-0.25, -0.2) is 4.79 Å². The fourth-order valence-corrected chi connectivity index (χ4v) is 8.99. The lowest BCUT2D eigenvalue weighted by molar-refractivity contribution is -0.0515. The minimum absolute atomic E-state index is 0.0614. The molecular formula is C35H50O2. The highest BCUT2D eigenvalue weighted by molar-refractivity contribution is 5.89. The van der Waals surface area contributed by atoms with Crippen LogP contribution in [0.5, 0.6) is 0 Å². The maximum atomic E-state index is 12.7. The molecule has 0 radical (unpaired) electrons. The summed E-state index contributed by atoms with van der Waals surface area (Å²) >= 11 is 0. The molecule has 0 unspecified atom stereocenters. The predicted molar refractivity (Wildman–Crippen MR) is 153 cm³/mol. The van der Waals surface area contributed by atoms with Crippen LogP contribution in [0.4, 0.5) is 0 Å². The minimum Gasteiger partial charge on any atom is -0.459 e. The standard InChI is InChI=1S/C35H50O2/c1-23(2)24(3)12-13-25(4)30-16-17-31-29-15-14-27-22-28(37-33(36)26-10-8-7-9-11-26)18-20-34(27,5)32(29)19-21-35(30,31)6/h7-13,15,23-25,27-28,30-32H,14,16-22H2,1-6H3/b13-12+/t24-,25+,27-,28+,30-,31+,32+,34-,35+/m0/s1. The van der Waals surface area contributed by atoms with E-state index in [4.69, 9.17) is 4.74 Å². The second-order valence-corrected chi connectivity index (χ2v) is 14.0. The largest absolute Gasteiger partial charge is 0.459 e. The summed E-state index contributed by atoms with van der Waals surface area (Å²) < 4.78 is 6.02. The smallest absolute Gasteiger partial charge is 0.338 e. The lowest BCUT2D eigenvalue weighted by Crippen LogP contribution is -2.50. The first-order valence-corrected chi connectivity index (χ1v) is 15.3. The third-order valence-corrected chi connectivity index (χ3v) is 11.8. The Hall–Kier alpha value is -1.83. The van der Waals surface area contributed by atoms with Gasteiger partial charge in [0.25, 0.3) is 0 Å². The van der Waals surface area contributed by atoms with Crippen LogP contribution in [0.2, 0.25) is 0 Å². The Kier molecular flexibility index (Phi) is 7.51. The van der Waals surface area contributed by atoms with Gasteiger partial charge < -0.3 is 4.74 Å². The van der Waals surface area contributed by atoms with Gasteiger partial charge in [0, 0.05) is 0 Å². The molecule has 1 aromatic carbocycles. The molecule has 3 saturated carbocycles. The van der Waals surface area contributed by atoms with Gasteiger partial charge in [-0.1, -0.05) is 83.5 Å². The van der Waals surface area contributed by atoms with E-state index in [9.17, 15) is 4.79 Å². The number of ether oxygens (including phenoxy) is 1. The summed E-state index contributed by atoms with van der Waals surface area (Å²) in [7, 11) is 0. The molecule has 3 fully saturated rings. The summed E-state index contributed by atoms with van der Waals surface area (Å²) in [6.07, 6.45) is 17.6. The van der Waals surface area contributed by atoms with Crippen molar-refractivity contribution >= 4 is 5.97 Å². The molecule has 4 aliphatic rings. The highest BCUT2D eigenvalue weighted by atomic mass is 16.5. The Bertz CT molecular complexity index is 1020. The molecule has 202 valence electrons. The summed E-state index contributed by atoms with van der Waals surface area (Å²) in [5, 5.41) is 0. The monoisotopic (exact) mass is 502 g/mol. The van der Waals surface area contributed by atoms with E-state index in [1.165, 1.54) is 38.5 Å². The molecule has 5 rings (SSSR count). The molecular weight excluding hydrogens is 452 g/mol. The first-order valence-electron chi connectivity index (χ1n) is 15.3. The normalized spacial score (nSPS) is 38.9. The Morgan fingerprint density at radius 1 is 0.919 bits per heavy atom. The summed E-state index contributed by atoms with van der Waals surface area (Å²) in [4.78, 5) is 12.7. The molecule has 2 heteroatoms. The Morgan fingerprint density at radius 3 is 2.35 bits per heavy atom. The van der Waals surface area contributed by atoms with Gasteiger partial charge >= 0.3 is 5.97 Å². The van der Waals surface area contributed by atoms with Crippen LogP contribution < -0.4 is 0 Å². The zero-order chi connectivity index (χ0) is 26.4. The molecule has 2 nitrogen and oxygen atoms in total. The van der Waals surface area contributed by atoms with Crippen LogP contribution in [-0.2, 0) is 4.74 Å². The first kappa shape index (κ1) is 26.8. The Labute approximate surface area is 226 Å². The third-order valence-electron chi connectivity index (χ3n) is 11.8. The summed E-state index contributed by atoms with van der Waals surface area (Å²) in [5.41, 5.74) is 3.30. The van der Waals surface area contributed by atoms with Gasteiger partial charge in [0.1, 0.15) is 6.10 Å². The van der Waals surface area contributed by atoms with Crippen molar-refractivity contribution in [2.75, 3.05) is 0 Å². The van der Waals surface area contributed by atoms with Crippen LogP contribution in [-0.4, -0.2) is 12.1 Å². The van der Waals surface area contributed by atoms with E-state index in [-0.39, 0.29) is 12.1 Å². The fraction of sp³-hybridized carbons (Fsp3) is 0.686. The molecule has 0 N–H and O–H groups in total. The van der Waals surface area contributed by atoms with E-state index < -0.39 is 0 Å². The van der Waals surface area contributed by atoms with Crippen LogP contribution >= 0.6 is 0 Å². The van der Waals surface area contributed by atoms with E-state index in [0.717, 1.165) is 30.6 Å². The van der Waals surface area contributed by atoms with Crippen molar-refractivity contribution in [3.63, 3.8) is 0 Å². The lowest BCUT2D eigenvalue weighted by atomic mass is 9.47. The van der Waals surface area contributed by atoms with Crippen LogP contribution in [0, 0.1) is 52.3 Å². The van der Waals surface area contributed by atoms with Gasteiger partial charge in [0.05, 0.1) is 5.56 Å². The molecule has 0 aliphatic heterocycles. The number of carbonyl (C=O) groups excluding carboxylic acids is 1. The second kappa shape index (κ2) is 10.4. The molecule has 37 heavy (non-hydrogen) atoms. The average molecular weight is 503 g/mol. The molecule has 9 atom stereocenters. The number of benzene rings is 1. The van der Waals surface area contributed by atoms with E-state index in [2.05, 4.69) is 59.8 Å². The van der Waals surface area contributed by atoms with Gasteiger partial charge in [0.2, 0.25) is 0 Å². The number of esters is 1. The quantitative estimate of drug-likeness (QED) is 0.286. The van der Waals surface area contributed by atoms with Crippen LogP contribution in [0.3, 0.4) is 0 Å². The SMILES string of the molecule is CC(C)[C@@H](C)/C=C/[C@@H](C)[C@@H]1CC[C@@H]2C3=CC[C@H]4C[C@H](OC(=O)c5ccccc5)CC[C@]4(C)[C@@H]3CC[C@@]21C. The van der Waals surface area contributed by atoms with E-state index in [0.29, 0.717) is 40.1 Å². The number of carbonyl (C=O) groups is 1. The number of hydrogen-bond acceptors (Lipinski definition) is 2. The topological polar surface area (TPSA) is 26.3 Å². The zero-order valence-electron chi connectivity index (χ0n) is 24.2. The minimum atomic E-state index is -0.155. The van der Waals surface area contributed by atoms with Gasteiger partial charge in [-0.3, -0.25) is 0 Å². The van der Waals surface area contributed by atoms with Crippen molar-refractivity contribution in [3.8, 4) is 0 Å². The number of allylic oxidation sites excluding steroid dienone is 4. The maximum absolute atomic E-state index is 12.7. The number of rotatable bonds is 6. The molecule has 0 heterocycles. The average Bonchev–Trinajstić information content (AvgIpc) is 3.25. The molecule has 0 aromatic heterocycles. The maximum Gasteiger partial charge on any atom is 0.338 e. The summed E-state index contributed by atoms with van der Waals surface area (Å²) in [6.45, 7) is 14.7. The number of hydrogen-bond donors (Lipinski definition) is 0. The summed E-state index contributed by atoms with van der Waals surface area (Å²) in [6, 6.07) is 9.49. The van der Waals surface area contributed by atoms with Crippen LogP contribution in [0.25, 0.3) is 0 Å². The molecule has 0 saturated heterocycles. The zero-order valence-corrected chi connectivity index (χ0v) is 24.2. The van der Waals surface area contributed by atoms with E-state index in [1.54, 1.807) is 0 Å². The summed E-state index contributed by atoms with van der Waals surface area (Å²) in [5.74, 6) is 4.79. The lowest BCUT2D eigenvalue weighted by Gasteiger charge is -2.58. The van der Waals surface area contributed by atoms with Crippen molar-refractivity contribution in [1.82, 2.24) is 0 Å². The van der Waals surface area contributed by atoms with E-state index in [1.807, 2.05) is 35.9 Å². The Balaban J connectivity index is 1.28. The highest BCUT2D eigenvalue weighted by Crippen LogP contribution is 2.66. The van der Waals surface area contributed by atoms with Gasteiger partial charge in [0.15, 0.2) is 0 Å². The number of fused-ring (bicyclic) bond motifs is 5. The first-order chi connectivity index (χ1) is 17.6. The van der Waals surface area contributed by atoms with E-state index >= 15 is 0 Å². The van der Waals surface area contributed by atoms with Crippen LogP contribution in [0.1, 0.15) is 103 Å². The molecule has 1 aromatic rings. The molecule has 4 aliphatic carbocycles. The van der Waals surface area contributed by atoms with Crippen molar-refractivity contribution in [2.45, 2.75) is 99.0 Å². The second-order valence-electron chi connectivity index (χ2n) is 14.0. The molecule has 0 amide bonds. The third kappa shape index (κ3) is 4.87. The van der Waals surface area contributed by atoms with Crippen molar-refractivity contribution in [3.05, 3.63) is 59.7 Å². The highest BCUT2D eigenvalue weighted by Gasteiger charge is 2.58. The van der Waals surface area contributed by atoms with Crippen molar-refractivity contribution < 1.29 is 9.53 Å². The van der Waals surface area contributed by atoms with Crippen LogP contribution in [0.15, 0.2) is 54.1 Å². The van der Waals surface area contributed by atoms with Crippen molar-refractivity contribution in [1.29, 1.82) is 0 Å². The molecule has 0 spiro atoms. The van der Waals surface area contributed by atoms with Crippen molar-refractivity contribution in [2.24, 2.45) is 52.3 Å². The van der Waals surface area contributed by atoms with Gasteiger partial charge in [-0.2, -0.15) is 0 Å². The Morgan fingerprint density at radius 2 is 1.62 bits per heavy atom. The molecule has 0 bridgehead atoms.